The van der Waals surface area contributed by atoms with E-state index in [4.69, 9.17) is 28.3 Å². The highest BCUT2D eigenvalue weighted by atomic mass is 35.5. The first-order valence-corrected chi connectivity index (χ1v) is 7.20. The summed E-state index contributed by atoms with van der Waals surface area (Å²) in [5.41, 5.74) is 1.35. The highest BCUT2D eigenvalue weighted by Crippen LogP contribution is 2.33. The van der Waals surface area contributed by atoms with Crippen LogP contribution in [0.3, 0.4) is 0 Å². The lowest BCUT2D eigenvalue weighted by Gasteiger charge is -2.11. The number of aromatic nitrogens is 1. The van der Waals surface area contributed by atoms with Gasteiger partial charge in [-0.3, -0.25) is 9.59 Å². The van der Waals surface area contributed by atoms with Crippen molar-refractivity contribution in [1.29, 1.82) is 0 Å². The molecule has 8 heteroatoms. The van der Waals surface area contributed by atoms with Crippen molar-refractivity contribution in [3.05, 3.63) is 45.7 Å². The molecule has 0 saturated heterocycles. The maximum atomic E-state index is 11.8. The van der Waals surface area contributed by atoms with E-state index in [1.54, 1.807) is 25.1 Å². The minimum atomic E-state index is -1.19. The van der Waals surface area contributed by atoms with E-state index in [0.29, 0.717) is 26.7 Å². The van der Waals surface area contributed by atoms with E-state index in [9.17, 15) is 14.7 Å². The van der Waals surface area contributed by atoms with Crippen molar-refractivity contribution < 1.29 is 19.8 Å². The van der Waals surface area contributed by atoms with Gasteiger partial charge in [0.05, 0.1) is 0 Å². The molecule has 1 aromatic heterocycles. The summed E-state index contributed by atoms with van der Waals surface area (Å²) in [5, 5.41) is 21.7. The quantitative estimate of drug-likeness (QED) is 0.783. The van der Waals surface area contributed by atoms with Crippen LogP contribution in [0.2, 0.25) is 10.0 Å². The lowest BCUT2D eigenvalue weighted by Crippen LogP contribution is -2.30. The second-order valence-electron chi connectivity index (χ2n) is 4.73. The number of aromatic hydroxyl groups is 1. The van der Waals surface area contributed by atoms with E-state index in [1.165, 1.54) is 6.20 Å². The van der Waals surface area contributed by atoms with Crippen LogP contribution in [0.4, 0.5) is 0 Å². The van der Waals surface area contributed by atoms with Crippen LogP contribution in [0, 0.1) is 6.92 Å². The summed E-state index contributed by atoms with van der Waals surface area (Å²) < 4.78 is 0. The van der Waals surface area contributed by atoms with Gasteiger partial charge in [0.2, 0.25) is 0 Å². The van der Waals surface area contributed by atoms with E-state index >= 15 is 0 Å². The molecule has 120 valence electrons. The summed E-state index contributed by atoms with van der Waals surface area (Å²) in [6, 6.07) is 4.88. The van der Waals surface area contributed by atoms with Crippen LogP contribution >= 0.6 is 23.2 Å². The SMILES string of the molecule is Cc1c(-c2cc(Cl)cc(Cl)c2)cnc(C(=O)NCC(=O)O)c1O. The van der Waals surface area contributed by atoms with Crippen LogP contribution in [0.15, 0.2) is 24.4 Å². The number of carbonyl (C=O) groups is 2. The van der Waals surface area contributed by atoms with Crippen LogP contribution in [-0.4, -0.2) is 33.6 Å². The highest BCUT2D eigenvalue weighted by molar-refractivity contribution is 6.35. The number of amides is 1. The van der Waals surface area contributed by atoms with Crippen LogP contribution in [0.25, 0.3) is 11.1 Å². The fraction of sp³-hybridized carbons (Fsp3) is 0.133. The molecule has 0 aliphatic rings. The first kappa shape index (κ1) is 17.1. The van der Waals surface area contributed by atoms with Crippen molar-refractivity contribution in [2.45, 2.75) is 6.92 Å². The number of nitrogens with one attached hydrogen (secondary N) is 1. The van der Waals surface area contributed by atoms with E-state index in [0.717, 1.165) is 0 Å². The molecule has 6 nitrogen and oxygen atoms in total. The Morgan fingerprint density at radius 1 is 1.22 bits per heavy atom. The molecule has 2 aromatic rings. The number of nitrogens with zero attached hydrogens (tertiary/aromatic N) is 1. The maximum Gasteiger partial charge on any atom is 0.322 e. The Bertz CT molecular complexity index is 773. The van der Waals surface area contributed by atoms with Gasteiger partial charge < -0.3 is 15.5 Å². The third-order valence-corrected chi connectivity index (χ3v) is 3.53. The fourth-order valence-corrected chi connectivity index (χ4v) is 2.52. The molecule has 0 aliphatic heterocycles. The standard InChI is InChI=1S/C15H12Cl2N2O4/c1-7-11(8-2-9(16)4-10(17)3-8)5-18-13(14(7)22)15(23)19-6-12(20)21/h2-5,22H,6H2,1H3,(H,19,23)(H,20,21). The van der Waals surface area contributed by atoms with Gasteiger partial charge in [-0.1, -0.05) is 23.2 Å². The number of carboxylic acids is 1. The first-order valence-electron chi connectivity index (χ1n) is 6.44. The summed E-state index contributed by atoms with van der Waals surface area (Å²) in [4.78, 5) is 26.2. The first-order chi connectivity index (χ1) is 10.8. The molecular formula is C15H12Cl2N2O4. The van der Waals surface area contributed by atoms with E-state index < -0.39 is 18.4 Å². The minimum Gasteiger partial charge on any atom is -0.505 e. The third kappa shape index (κ3) is 3.91. The molecule has 0 spiro atoms. The zero-order valence-corrected chi connectivity index (χ0v) is 13.4. The van der Waals surface area contributed by atoms with Gasteiger partial charge in [-0.15, -0.1) is 0 Å². The summed E-state index contributed by atoms with van der Waals surface area (Å²) >= 11 is 11.9. The largest absolute Gasteiger partial charge is 0.505 e. The number of pyridine rings is 1. The molecule has 3 N–H and O–H groups in total. The Kier molecular flexibility index (Phi) is 5.08. The van der Waals surface area contributed by atoms with Gasteiger partial charge >= 0.3 is 5.97 Å². The van der Waals surface area contributed by atoms with E-state index in [-0.39, 0.29) is 11.4 Å². The molecule has 0 radical (unpaired) electrons. The van der Waals surface area contributed by atoms with Gasteiger partial charge in [-0.25, -0.2) is 4.98 Å². The average molecular weight is 355 g/mol. The van der Waals surface area contributed by atoms with Gasteiger partial charge in [0.15, 0.2) is 5.69 Å². The molecule has 2 rings (SSSR count). The number of carboxylic acid groups (broad SMARTS) is 1. The van der Waals surface area contributed by atoms with Crippen LogP contribution in [-0.2, 0) is 4.79 Å². The van der Waals surface area contributed by atoms with Crippen molar-refractivity contribution >= 4 is 35.1 Å². The Hall–Kier alpha value is -2.31. The topological polar surface area (TPSA) is 99.5 Å². The zero-order chi connectivity index (χ0) is 17.1. The monoisotopic (exact) mass is 354 g/mol. The summed E-state index contributed by atoms with van der Waals surface area (Å²) in [6.45, 7) is 1.04. The second kappa shape index (κ2) is 6.85. The van der Waals surface area contributed by atoms with Crippen molar-refractivity contribution in [2.24, 2.45) is 0 Å². The normalized spacial score (nSPS) is 10.4. The van der Waals surface area contributed by atoms with Crippen LogP contribution < -0.4 is 5.32 Å². The van der Waals surface area contributed by atoms with Crippen molar-refractivity contribution in [3.63, 3.8) is 0 Å². The molecule has 0 saturated carbocycles. The Morgan fingerprint density at radius 3 is 2.39 bits per heavy atom. The number of carbonyl (C=O) groups excluding carboxylic acids is 1. The molecule has 0 unspecified atom stereocenters. The maximum absolute atomic E-state index is 11.8. The van der Waals surface area contributed by atoms with E-state index in [2.05, 4.69) is 10.3 Å². The van der Waals surface area contributed by atoms with Crippen LogP contribution in [0.1, 0.15) is 16.1 Å². The van der Waals surface area contributed by atoms with Crippen LogP contribution in [0.5, 0.6) is 5.75 Å². The number of hydrogen-bond acceptors (Lipinski definition) is 4. The highest BCUT2D eigenvalue weighted by Gasteiger charge is 2.18. The Morgan fingerprint density at radius 2 is 1.83 bits per heavy atom. The summed E-state index contributed by atoms with van der Waals surface area (Å²) in [6.07, 6.45) is 1.40. The van der Waals surface area contributed by atoms with Gasteiger partial charge in [0, 0.05) is 27.4 Å². The predicted molar refractivity (Wildman–Crippen MR) is 86.1 cm³/mol. The Labute approximate surface area is 141 Å². The zero-order valence-electron chi connectivity index (χ0n) is 11.9. The number of benzene rings is 1. The van der Waals surface area contributed by atoms with Crippen molar-refractivity contribution in [3.8, 4) is 16.9 Å². The average Bonchev–Trinajstić information content (AvgIpc) is 2.46. The lowest BCUT2D eigenvalue weighted by atomic mass is 10.0. The van der Waals surface area contributed by atoms with Crippen molar-refractivity contribution in [2.75, 3.05) is 6.54 Å². The van der Waals surface area contributed by atoms with Crippen molar-refractivity contribution in [1.82, 2.24) is 10.3 Å². The number of hydrogen-bond donors (Lipinski definition) is 3. The molecule has 23 heavy (non-hydrogen) atoms. The predicted octanol–water partition coefficient (Wildman–Crippen LogP) is 2.88. The minimum absolute atomic E-state index is 0.249. The number of aliphatic carboxylic acids is 1. The Balaban J connectivity index is 2.41. The smallest absolute Gasteiger partial charge is 0.322 e. The molecule has 1 aromatic carbocycles. The fourth-order valence-electron chi connectivity index (χ4n) is 2.00. The number of halogens is 2. The van der Waals surface area contributed by atoms with Gasteiger partial charge in [0.25, 0.3) is 5.91 Å². The molecule has 0 aliphatic carbocycles. The molecule has 0 fully saturated rings. The molecular weight excluding hydrogens is 343 g/mol. The molecule has 1 heterocycles. The molecule has 0 atom stereocenters. The lowest BCUT2D eigenvalue weighted by molar-refractivity contribution is -0.135. The summed E-state index contributed by atoms with van der Waals surface area (Å²) in [7, 11) is 0. The van der Waals surface area contributed by atoms with Gasteiger partial charge in [0.1, 0.15) is 12.3 Å². The third-order valence-electron chi connectivity index (χ3n) is 3.10. The van der Waals surface area contributed by atoms with E-state index in [1.807, 2.05) is 0 Å². The molecule has 1 amide bonds. The van der Waals surface area contributed by atoms with Gasteiger partial charge in [-0.2, -0.15) is 0 Å². The van der Waals surface area contributed by atoms with Gasteiger partial charge in [-0.05, 0) is 30.7 Å². The second-order valence-corrected chi connectivity index (χ2v) is 5.60. The summed E-state index contributed by atoms with van der Waals surface area (Å²) in [5.74, 6) is -2.30. The molecule has 0 bridgehead atoms. The number of rotatable bonds is 4.